The van der Waals surface area contributed by atoms with Gasteiger partial charge in [-0.05, 0) is 60.9 Å². The lowest BCUT2D eigenvalue weighted by molar-refractivity contribution is 0.290. The molecule has 0 amide bonds. The summed E-state index contributed by atoms with van der Waals surface area (Å²) < 4.78 is 5.43. The number of nitrogens with two attached hydrogens (primary N) is 1. The van der Waals surface area contributed by atoms with Crippen LogP contribution < -0.4 is 10.5 Å². The minimum atomic E-state index is 0.234. The lowest BCUT2D eigenvalue weighted by Gasteiger charge is -2.28. The van der Waals surface area contributed by atoms with Crippen molar-refractivity contribution in [2.24, 2.45) is 17.1 Å². The molecule has 0 aliphatic heterocycles. The zero-order valence-electron chi connectivity index (χ0n) is 11.2. The van der Waals surface area contributed by atoms with Gasteiger partial charge in [0.15, 0.2) is 0 Å². The summed E-state index contributed by atoms with van der Waals surface area (Å²) >= 11 is 6.09. The normalized spacial score (nSPS) is 27.4. The van der Waals surface area contributed by atoms with Crippen LogP contribution in [0.3, 0.4) is 0 Å². The van der Waals surface area contributed by atoms with Gasteiger partial charge in [-0.15, -0.1) is 0 Å². The van der Waals surface area contributed by atoms with E-state index in [1.165, 1.54) is 24.8 Å². The number of hydrogen-bond acceptors (Lipinski definition) is 2. The number of ether oxygens (including phenoxy) is 1. The standard InChI is InChI=1S/C15H22ClNO/c1-11-5-6-15(8-11,10-17)9-12-7-13(16)3-4-14(12)18-2/h3-4,7,11H,5-6,8-10,17H2,1-2H3. The summed E-state index contributed by atoms with van der Waals surface area (Å²) in [4.78, 5) is 0. The number of rotatable bonds is 4. The van der Waals surface area contributed by atoms with Gasteiger partial charge in [-0.2, -0.15) is 0 Å². The third-order valence-electron chi connectivity index (χ3n) is 4.19. The lowest BCUT2D eigenvalue weighted by Crippen LogP contribution is -2.30. The minimum Gasteiger partial charge on any atom is -0.496 e. The molecule has 1 aliphatic rings. The molecular weight excluding hydrogens is 246 g/mol. The second kappa shape index (κ2) is 5.50. The van der Waals surface area contributed by atoms with Gasteiger partial charge in [0.05, 0.1) is 7.11 Å². The van der Waals surface area contributed by atoms with Gasteiger partial charge in [0.25, 0.3) is 0 Å². The van der Waals surface area contributed by atoms with Crippen LogP contribution in [0, 0.1) is 11.3 Å². The highest BCUT2D eigenvalue weighted by atomic mass is 35.5. The van der Waals surface area contributed by atoms with Gasteiger partial charge < -0.3 is 10.5 Å². The van der Waals surface area contributed by atoms with Crippen molar-refractivity contribution in [2.45, 2.75) is 32.6 Å². The van der Waals surface area contributed by atoms with Gasteiger partial charge in [-0.3, -0.25) is 0 Å². The van der Waals surface area contributed by atoms with E-state index in [0.717, 1.165) is 29.7 Å². The number of halogens is 1. The van der Waals surface area contributed by atoms with Gasteiger partial charge in [0, 0.05) is 5.02 Å². The van der Waals surface area contributed by atoms with Gasteiger partial charge in [-0.25, -0.2) is 0 Å². The van der Waals surface area contributed by atoms with E-state index in [1.807, 2.05) is 18.2 Å². The van der Waals surface area contributed by atoms with Crippen LogP contribution in [0.5, 0.6) is 5.75 Å². The Hall–Kier alpha value is -0.730. The molecule has 1 fully saturated rings. The first-order valence-corrected chi connectivity index (χ1v) is 6.99. The van der Waals surface area contributed by atoms with Crippen molar-refractivity contribution < 1.29 is 4.74 Å². The summed E-state index contributed by atoms with van der Waals surface area (Å²) in [6, 6.07) is 5.83. The Labute approximate surface area is 114 Å². The molecule has 1 aromatic carbocycles. The zero-order valence-corrected chi connectivity index (χ0v) is 12.0. The maximum atomic E-state index is 6.09. The van der Waals surface area contributed by atoms with Crippen LogP contribution in [-0.2, 0) is 6.42 Å². The van der Waals surface area contributed by atoms with E-state index < -0.39 is 0 Å². The highest BCUT2D eigenvalue weighted by Gasteiger charge is 2.36. The Bertz CT molecular complexity index is 421. The molecule has 2 N–H and O–H groups in total. The lowest BCUT2D eigenvalue weighted by atomic mass is 9.79. The van der Waals surface area contributed by atoms with Crippen molar-refractivity contribution in [3.05, 3.63) is 28.8 Å². The minimum absolute atomic E-state index is 0.234. The molecule has 3 heteroatoms. The van der Waals surface area contributed by atoms with Crippen molar-refractivity contribution in [3.63, 3.8) is 0 Å². The fraction of sp³-hybridized carbons (Fsp3) is 0.600. The molecule has 0 spiro atoms. The highest BCUT2D eigenvalue weighted by molar-refractivity contribution is 6.30. The van der Waals surface area contributed by atoms with E-state index in [0.29, 0.717) is 0 Å². The predicted octanol–water partition coefficient (Wildman–Crippen LogP) is 3.66. The molecular formula is C15H22ClNO. The van der Waals surface area contributed by atoms with Crippen molar-refractivity contribution in [3.8, 4) is 5.75 Å². The van der Waals surface area contributed by atoms with Crippen molar-refractivity contribution in [1.82, 2.24) is 0 Å². The first-order chi connectivity index (χ1) is 8.58. The molecule has 0 radical (unpaired) electrons. The summed E-state index contributed by atoms with van der Waals surface area (Å²) in [6.07, 6.45) is 4.66. The smallest absolute Gasteiger partial charge is 0.122 e. The van der Waals surface area contributed by atoms with E-state index in [1.54, 1.807) is 7.11 Å². The fourth-order valence-electron chi connectivity index (χ4n) is 3.20. The molecule has 2 rings (SSSR count). The second-order valence-electron chi connectivity index (χ2n) is 5.69. The Morgan fingerprint density at radius 2 is 2.28 bits per heavy atom. The Kier molecular flexibility index (Phi) is 4.18. The summed E-state index contributed by atoms with van der Waals surface area (Å²) in [7, 11) is 1.71. The van der Waals surface area contributed by atoms with Crippen molar-refractivity contribution in [1.29, 1.82) is 0 Å². The van der Waals surface area contributed by atoms with Crippen LogP contribution in [0.25, 0.3) is 0 Å². The SMILES string of the molecule is COc1ccc(Cl)cc1CC1(CN)CCC(C)C1. The Balaban J connectivity index is 2.24. The summed E-state index contributed by atoms with van der Waals surface area (Å²) in [6.45, 7) is 3.06. The van der Waals surface area contributed by atoms with Gasteiger partial charge in [-0.1, -0.05) is 24.9 Å². The van der Waals surface area contributed by atoms with Crippen molar-refractivity contribution in [2.75, 3.05) is 13.7 Å². The molecule has 2 atom stereocenters. The fourth-order valence-corrected chi connectivity index (χ4v) is 3.40. The molecule has 0 aromatic heterocycles. The molecule has 100 valence electrons. The molecule has 1 aromatic rings. The van der Waals surface area contributed by atoms with E-state index >= 15 is 0 Å². The largest absolute Gasteiger partial charge is 0.496 e. The molecule has 1 aliphatic carbocycles. The van der Waals surface area contributed by atoms with Crippen LogP contribution in [0.4, 0.5) is 0 Å². The van der Waals surface area contributed by atoms with Gasteiger partial charge in [0.2, 0.25) is 0 Å². The quantitative estimate of drug-likeness (QED) is 0.904. The predicted molar refractivity (Wildman–Crippen MR) is 76.2 cm³/mol. The highest BCUT2D eigenvalue weighted by Crippen LogP contribution is 2.44. The van der Waals surface area contributed by atoms with Gasteiger partial charge in [0.1, 0.15) is 5.75 Å². The molecule has 0 heterocycles. The Morgan fingerprint density at radius 1 is 1.50 bits per heavy atom. The average Bonchev–Trinajstić information content (AvgIpc) is 2.72. The van der Waals surface area contributed by atoms with E-state index in [9.17, 15) is 0 Å². The van der Waals surface area contributed by atoms with Crippen LogP contribution in [0.1, 0.15) is 31.7 Å². The monoisotopic (exact) mass is 267 g/mol. The molecule has 18 heavy (non-hydrogen) atoms. The average molecular weight is 268 g/mol. The van der Waals surface area contributed by atoms with Gasteiger partial charge >= 0.3 is 0 Å². The first kappa shape index (κ1) is 13.7. The van der Waals surface area contributed by atoms with E-state index in [2.05, 4.69) is 6.92 Å². The van der Waals surface area contributed by atoms with Crippen molar-refractivity contribution >= 4 is 11.6 Å². The summed E-state index contributed by atoms with van der Waals surface area (Å²) in [5.41, 5.74) is 7.45. The third-order valence-corrected chi connectivity index (χ3v) is 4.42. The van der Waals surface area contributed by atoms with Crippen LogP contribution >= 0.6 is 11.6 Å². The molecule has 1 saturated carbocycles. The topological polar surface area (TPSA) is 35.2 Å². The number of methoxy groups -OCH3 is 1. The maximum absolute atomic E-state index is 6.09. The zero-order chi connectivity index (χ0) is 13.2. The Morgan fingerprint density at radius 3 is 2.83 bits per heavy atom. The molecule has 0 saturated heterocycles. The number of benzene rings is 1. The summed E-state index contributed by atoms with van der Waals surface area (Å²) in [5.74, 6) is 1.70. The molecule has 0 bridgehead atoms. The van der Waals surface area contributed by atoms with E-state index in [-0.39, 0.29) is 5.41 Å². The maximum Gasteiger partial charge on any atom is 0.122 e. The van der Waals surface area contributed by atoms with Crippen LogP contribution in [0.15, 0.2) is 18.2 Å². The summed E-state index contributed by atoms with van der Waals surface area (Å²) in [5, 5.41) is 0.768. The molecule has 2 nitrogen and oxygen atoms in total. The first-order valence-electron chi connectivity index (χ1n) is 6.61. The van der Waals surface area contributed by atoms with Crippen LogP contribution in [0.2, 0.25) is 5.02 Å². The van der Waals surface area contributed by atoms with E-state index in [4.69, 9.17) is 22.1 Å². The second-order valence-corrected chi connectivity index (χ2v) is 6.12. The number of hydrogen-bond donors (Lipinski definition) is 1. The molecule has 2 unspecified atom stereocenters. The van der Waals surface area contributed by atoms with Crippen LogP contribution in [-0.4, -0.2) is 13.7 Å². The third kappa shape index (κ3) is 2.81.